The van der Waals surface area contributed by atoms with E-state index in [0.717, 1.165) is 16.7 Å². The Hall–Kier alpha value is -3.09. The van der Waals surface area contributed by atoms with Crippen molar-refractivity contribution in [3.05, 3.63) is 36.0 Å². The molecule has 28 heavy (non-hydrogen) atoms. The molecule has 2 aromatic heterocycles. The summed E-state index contributed by atoms with van der Waals surface area (Å²) >= 11 is 0. The van der Waals surface area contributed by atoms with Crippen LogP contribution in [0.3, 0.4) is 0 Å². The van der Waals surface area contributed by atoms with Crippen molar-refractivity contribution < 1.29 is 9.53 Å². The summed E-state index contributed by atoms with van der Waals surface area (Å²) in [4.78, 5) is 16.6. The average Bonchev–Trinajstić information content (AvgIpc) is 2.97. The molecule has 0 saturated heterocycles. The fourth-order valence-electron chi connectivity index (χ4n) is 2.97. The SMILES string of the molecule is CC(C)COc1ccc2cc(-c3nn(C(C)(C)C)c(N)c3C(N)=O)cnc2c1. The average molecular weight is 381 g/mol. The first-order valence-electron chi connectivity index (χ1n) is 9.29. The van der Waals surface area contributed by atoms with Crippen molar-refractivity contribution in [3.8, 4) is 17.0 Å². The number of fused-ring (bicyclic) bond motifs is 1. The number of benzene rings is 1. The van der Waals surface area contributed by atoms with Gasteiger partial charge in [0.25, 0.3) is 5.91 Å². The highest BCUT2D eigenvalue weighted by atomic mass is 16.5. The highest BCUT2D eigenvalue weighted by molar-refractivity contribution is 6.03. The van der Waals surface area contributed by atoms with Crippen LogP contribution < -0.4 is 16.2 Å². The van der Waals surface area contributed by atoms with Crippen molar-refractivity contribution in [1.29, 1.82) is 0 Å². The lowest BCUT2D eigenvalue weighted by molar-refractivity contribution is 0.100. The molecule has 3 rings (SSSR count). The zero-order valence-electron chi connectivity index (χ0n) is 17.0. The smallest absolute Gasteiger partial charge is 0.254 e. The zero-order chi connectivity index (χ0) is 20.6. The van der Waals surface area contributed by atoms with Gasteiger partial charge in [0.2, 0.25) is 0 Å². The van der Waals surface area contributed by atoms with Gasteiger partial charge in [0.1, 0.15) is 22.8 Å². The van der Waals surface area contributed by atoms with E-state index in [1.165, 1.54) is 0 Å². The van der Waals surface area contributed by atoms with E-state index >= 15 is 0 Å². The molecule has 0 saturated carbocycles. The molecule has 0 aliphatic heterocycles. The number of hydrogen-bond acceptors (Lipinski definition) is 5. The second kappa shape index (κ2) is 7.14. The number of carbonyl (C=O) groups is 1. The van der Waals surface area contributed by atoms with Crippen LogP contribution >= 0.6 is 0 Å². The van der Waals surface area contributed by atoms with Crippen LogP contribution in [0.4, 0.5) is 5.82 Å². The van der Waals surface area contributed by atoms with Gasteiger partial charge < -0.3 is 16.2 Å². The molecule has 1 amide bonds. The second-order valence-corrected chi connectivity index (χ2v) is 8.34. The van der Waals surface area contributed by atoms with Crippen LogP contribution in [-0.4, -0.2) is 27.3 Å². The van der Waals surface area contributed by atoms with Crippen LogP contribution in [0.15, 0.2) is 30.5 Å². The molecular formula is C21H27N5O2. The molecule has 3 aromatic rings. The Morgan fingerprint density at radius 3 is 2.57 bits per heavy atom. The van der Waals surface area contributed by atoms with Crippen molar-refractivity contribution in [3.63, 3.8) is 0 Å². The van der Waals surface area contributed by atoms with E-state index in [1.807, 2.05) is 45.0 Å². The van der Waals surface area contributed by atoms with Crippen LogP contribution in [-0.2, 0) is 5.54 Å². The number of nitrogen functional groups attached to an aromatic ring is 1. The minimum absolute atomic E-state index is 0.216. The summed E-state index contributed by atoms with van der Waals surface area (Å²) in [5.74, 6) is 0.871. The summed E-state index contributed by atoms with van der Waals surface area (Å²) in [5.41, 5.74) is 13.5. The maximum Gasteiger partial charge on any atom is 0.254 e. The van der Waals surface area contributed by atoms with Crippen molar-refractivity contribution in [2.45, 2.75) is 40.2 Å². The molecule has 0 spiro atoms. The van der Waals surface area contributed by atoms with Gasteiger partial charge in [-0.2, -0.15) is 5.10 Å². The maximum absolute atomic E-state index is 12.0. The summed E-state index contributed by atoms with van der Waals surface area (Å²) in [5, 5.41) is 5.48. The molecule has 0 radical (unpaired) electrons. The molecule has 0 unspecified atom stereocenters. The Bertz CT molecular complexity index is 1030. The quantitative estimate of drug-likeness (QED) is 0.702. The lowest BCUT2D eigenvalue weighted by Crippen LogP contribution is -2.25. The van der Waals surface area contributed by atoms with Gasteiger partial charge in [-0.05, 0) is 44.9 Å². The van der Waals surface area contributed by atoms with Crippen LogP contribution in [0.5, 0.6) is 5.75 Å². The largest absolute Gasteiger partial charge is 0.493 e. The topological polar surface area (TPSA) is 109 Å². The lowest BCUT2D eigenvalue weighted by Gasteiger charge is -2.20. The fourth-order valence-corrected chi connectivity index (χ4v) is 2.97. The Morgan fingerprint density at radius 1 is 1.25 bits per heavy atom. The first-order valence-corrected chi connectivity index (χ1v) is 9.29. The lowest BCUT2D eigenvalue weighted by atomic mass is 10.1. The summed E-state index contributed by atoms with van der Waals surface area (Å²) in [6.45, 7) is 10.7. The number of carbonyl (C=O) groups excluding carboxylic acids is 1. The number of rotatable bonds is 5. The molecule has 0 bridgehead atoms. The van der Waals surface area contributed by atoms with E-state index in [1.54, 1.807) is 10.9 Å². The van der Waals surface area contributed by atoms with Gasteiger partial charge in [-0.15, -0.1) is 0 Å². The summed E-state index contributed by atoms with van der Waals surface area (Å²) < 4.78 is 7.38. The number of anilines is 1. The number of ether oxygens (including phenoxy) is 1. The van der Waals surface area contributed by atoms with E-state index in [2.05, 4.69) is 23.9 Å². The van der Waals surface area contributed by atoms with Crippen LogP contribution in [0, 0.1) is 5.92 Å². The molecule has 1 aromatic carbocycles. The molecule has 7 heteroatoms. The van der Waals surface area contributed by atoms with E-state index in [-0.39, 0.29) is 16.9 Å². The first-order chi connectivity index (χ1) is 13.1. The predicted molar refractivity (Wildman–Crippen MR) is 111 cm³/mol. The number of aromatic nitrogens is 3. The highest BCUT2D eigenvalue weighted by Gasteiger charge is 2.27. The number of hydrogen-bond donors (Lipinski definition) is 2. The van der Waals surface area contributed by atoms with Crippen LogP contribution in [0.2, 0.25) is 0 Å². The van der Waals surface area contributed by atoms with Crippen molar-refractivity contribution >= 4 is 22.6 Å². The van der Waals surface area contributed by atoms with E-state index in [0.29, 0.717) is 23.8 Å². The van der Waals surface area contributed by atoms with Crippen LogP contribution in [0.25, 0.3) is 22.2 Å². The molecule has 4 N–H and O–H groups in total. The minimum Gasteiger partial charge on any atom is -0.493 e. The molecule has 0 aliphatic rings. The van der Waals surface area contributed by atoms with E-state index in [9.17, 15) is 4.79 Å². The Labute approximate surface area is 164 Å². The number of nitrogens with zero attached hydrogens (tertiary/aromatic N) is 3. The number of primary amides is 1. The standard InChI is InChI=1S/C21H27N5O2/c1-12(2)11-28-15-7-6-13-8-14(10-24-16(13)9-15)18-17(20(23)27)19(22)26(25-18)21(3,4)5/h6-10,12H,11,22H2,1-5H3,(H2,23,27). The number of nitrogens with two attached hydrogens (primary N) is 2. The van der Waals surface area contributed by atoms with E-state index in [4.69, 9.17) is 16.2 Å². The second-order valence-electron chi connectivity index (χ2n) is 8.34. The summed E-state index contributed by atoms with van der Waals surface area (Å²) in [6.07, 6.45) is 1.68. The third-order valence-electron chi connectivity index (χ3n) is 4.32. The highest BCUT2D eigenvalue weighted by Crippen LogP contribution is 2.32. The Balaban J connectivity index is 2.07. The van der Waals surface area contributed by atoms with Gasteiger partial charge in [0, 0.05) is 23.2 Å². The van der Waals surface area contributed by atoms with Gasteiger partial charge in [0.05, 0.1) is 17.7 Å². The molecule has 148 valence electrons. The molecule has 0 atom stereocenters. The molecule has 2 heterocycles. The Kier molecular flexibility index (Phi) is 5.02. The first kappa shape index (κ1) is 19.7. The number of pyridine rings is 1. The van der Waals surface area contributed by atoms with Gasteiger partial charge in [-0.25, -0.2) is 4.68 Å². The fraction of sp³-hybridized carbons (Fsp3) is 0.381. The van der Waals surface area contributed by atoms with Gasteiger partial charge in [0.15, 0.2) is 0 Å². The van der Waals surface area contributed by atoms with Crippen LogP contribution in [0.1, 0.15) is 45.0 Å². The number of amides is 1. The summed E-state index contributed by atoms with van der Waals surface area (Å²) in [7, 11) is 0. The third-order valence-corrected chi connectivity index (χ3v) is 4.32. The predicted octanol–water partition coefficient (Wildman–Crippen LogP) is 3.57. The van der Waals surface area contributed by atoms with Crippen molar-refractivity contribution in [1.82, 2.24) is 14.8 Å². The summed E-state index contributed by atoms with van der Waals surface area (Å²) in [6, 6.07) is 7.68. The molecule has 7 nitrogen and oxygen atoms in total. The minimum atomic E-state index is -0.611. The Morgan fingerprint density at radius 2 is 1.96 bits per heavy atom. The maximum atomic E-state index is 12.0. The molecule has 0 aliphatic carbocycles. The van der Waals surface area contributed by atoms with Crippen molar-refractivity contribution in [2.75, 3.05) is 12.3 Å². The zero-order valence-corrected chi connectivity index (χ0v) is 17.0. The molecular weight excluding hydrogens is 354 g/mol. The normalized spacial score (nSPS) is 11.9. The molecule has 0 fully saturated rings. The van der Waals surface area contributed by atoms with Gasteiger partial charge in [-0.1, -0.05) is 13.8 Å². The van der Waals surface area contributed by atoms with Gasteiger partial charge in [-0.3, -0.25) is 9.78 Å². The monoisotopic (exact) mass is 381 g/mol. The third kappa shape index (κ3) is 3.78. The van der Waals surface area contributed by atoms with Gasteiger partial charge >= 0.3 is 0 Å². The van der Waals surface area contributed by atoms with E-state index < -0.39 is 5.91 Å². The van der Waals surface area contributed by atoms with Crippen molar-refractivity contribution in [2.24, 2.45) is 11.7 Å².